The molecule has 0 saturated carbocycles. The molecule has 0 aliphatic heterocycles. The average Bonchev–Trinajstić information content (AvgIpc) is 2.20. The second kappa shape index (κ2) is 5.35. The standard InChI is InChI=1S/C4H4NS.C2H6.Pb/c1-4-5-2-3-6-4;1-2;/h2H,1H3;1-2H3;. The molecule has 0 atom stereocenters. The van der Waals surface area contributed by atoms with Crippen molar-refractivity contribution in [1.82, 2.24) is 4.98 Å². The number of rotatable bonds is 0. The van der Waals surface area contributed by atoms with Gasteiger partial charge in [0.25, 0.3) is 0 Å². The van der Waals surface area contributed by atoms with E-state index in [4.69, 9.17) is 0 Å². The Morgan fingerprint density at radius 3 is 2.22 bits per heavy atom. The van der Waals surface area contributed by atoms with Crippen LogP contribution in [0, 0.1) is 6.92 Å². The van der Waals surface area contributed by atoms with E-state index in [9.17, 15) is 0 Å². The molecular weight excluding hydrogens is 325 g/mol. The Bertz CT molecular complexity index is 145. The summed E-state index contributed by atoms with van der Waals surface area (Å²) < 4.78 is 1.43. The molecule has 1 heterocycles. The quantitative estimate of drug-likeness (QED) is 0.651. The van der Waals surface area contributed by atoms with Crippen molar-refractivity contribution in [3.05, 3.63) is 11.2 Å². The Morgan fingerprint density at radius 2 is 2.11 bits per heavy atom. The van der Waals surface area contributed by atoms with Gasteiger partial charge in [0.15, 0.2) is 0 Å². The van der Waals surface area contributed by atoms with Crippen molar-refractivity contribution in [2.75, 3.05) is 0 Å². The van der Waals surface area contributed by atoms with Crippen LogP contribution >= 0.6 is 11.3 Å². The Kier molecular flexibility index (Phi) is 5.67. The molecule has 1 aromatic heterocycles. The third-order valence-corrected chi connectivity index (χ3v) is 3.04. The second-order valence-electron chi connectivity index (χ2n) is 1.24. The summed E-state index contributed by atoms with van der Waals surface area (Å²) in [4.78, 5) is 4.07. The Balaban J connectivity index is 0.000000291. The first-order valence-electron chi connectivity index (χ1n) is 2.93. The number of hydrogen-bond acceptors (Lipinski definition) is 2. The van der Waals surface area contributed by atoms with Gasteiger partial charge in [0.1, 0.15) is 0 Å². The zero-order chi connectivity index (χ0) is 7.28. The van der Waals surface area contributed by atoms with Gasteiger partial charge in [-0.2, -0.15) is 0 Å². The molecular formula is C6H10NPbS. The second-order valence-corrected chi connectivity index (χ2v) is 5.98. The van der Waals surface area contributed by atoms with Crippen molar-refractivity contribution in [1.29, 1.82) is 0 Å². The van der Waals surface area contributed by atoms with Crippen molar-refractivity contribution in [3.8, 4) is 0 Å². The number of thiazole rings is 1. The molecule has 0 unspecified atom stereocenters. The summed E-state index contributed by atoms with van der Waals surface area (Å²) in [7, 11) is 0. The van der Waals surface area contributed by atoms with E-state index in [-0.39, 0.29) is 0 Å². The van der Waals surface area contributed by atoms with E-state index in [0.717, 1.165) is 25.8 Å². The summed E-state index contributed by atoms with van der Waals surface area (Å²) in [5, 5.41) is 1.19. The number of aryl methyl sites for hydroxylation is 1. The monoisotopic (exact) mass is 336 g/mol. The van der Waals surface area contributed by atoms with Gasteiger partial charge >= 0.3 is 62.7 Å². The molecule has 0 aliphatic carbocycles. The van der Waals surface area contributed by atoms with Gasteiger partial charge in [-0.05, 0) is 0 Å². The molecule has 1 nitrogen and oxygen atoms in total. The van der Waals surface area contributed by atoms with Crippen molar-refractivity contribution >= 4 is 39.5 Å². The van der Waals surface area contributed by atoms with E-state index in [1.54, 1.807) is 11.3 Å². The first-order chi connectivity index (χ1) is 4.29. The molecule has 0 aromatic carbocycles. The maximum atomic E-state index is 4.07. The van der Waals surface area contributed by atoms with Gasteiger partial charge in [0.05, 0.1) is 0 Å². The Morgan fingerprint density at radius 1 is 1.56 bits per heavy atom. The summed E-state index contributed by atoms with van der Waals surface area (Å²) in [6.45, 7) is 6.03. The Hall–Kier alpha value is 0.552. The van der Waals surface area contributed by atoms with Crippen LogP contribution in [0.5, 0.6) is 0 Å². The molecule has 1 aromatic rings. The fraction of sp³-hybridized carbons (Fsp3) is 0.500. The molecule has 3 radical (unpaired) electrons. The van der Waals surface area contributed by atoms with E-state index in [1.165, 1.54) is 7.44 Å². The van der Waals surface area contributed by atoms with Crippen LogP contribution in [0.1, 0.15) is 18.9 Å². The first-order valence-corrected chi connectivity index (χ1v) is 5.69. The average molecular weight is 335 g/mol. The van der Waals surface area contributed by atoms with Crippen LogP contribution < -0.4 is 2.44 Å². The maximum absolute atomic E-state index is 4.07. The van der Waals surface area contributed by atoms with Gasteiger partial charge < -0.3 is 0 Å². The van der Waals surface area contributed by atoms with Crippen LogP contribution in [0.15, 0.2) is 6.20 Å². The van der Waals surface area contributed by atoms with E-state index in [0.29, 0.717) is 0 Å². The number of aromatic nitrogens is 1. The fourth-order valence-corrected chi connectivity index (χ4v) is 2.86. The molecule has 0 fully saturated rings. The molecule has 9 heavy (non-hydrogen) atoms. The van der Waals surface area contributed by atoms with Crippen LogP contribution in [0.25, 0.3) is 0 Å². The van der Waals surface area contributed by atoms with E-state index in [1.807, 2.05) is 27.0 Å². The van der Waals surface area contributed by atoms with Gasteiger partial charge in [0, 0.05) is 0 Å². The van der Waals surface area contributed by atoms with E-state index < -0.39 is 0 Å². The summed E-state index contributed by atoms with van der Waals surface area (Å²) in [5.41, 5.74) is 0. The van der Waals surface area contributed by atoms with Crippen molar-refractivity contribution in [2.24, 2.45) is 0 Å². The van der Waals surface area contributed by atoms with Crippen LogP contribution in [0.3, 0.4) is 0 Å². The molecule has 0 bridgehead atoms. The molecule has 49 valence electrons. The summed E-state index contributed by atoms with van der Waals surface area (Å²) >= 11 is 2.94. The van der Waals surface area contributed by atoms with Crippen LogP contribution in [0.2, 0.25) is 0 Å². The van der Waals surface area contributed by atoms with Gasteiger partial charge in [0.2, 0.25) is 0 Å². The van der Waals surface area contributed by atoms with Crippen LogP contribution in [-0.2, 0) is 0 Å². The summed E-state index contributed by atoms with van der Waals surface area (Å²) in [5.74, 6) is 0. The molecule has 0 spiro atoms. The molecule has 0 N–H and O–H groups in total. The Labute approximate surface area is 76.2 Å². The van der Waals surface area contributed by atoms with Gasteiger partial charge in [-0.3, -0.25) is 0 Å². The predicted molar refractivity (Wildman–Crippen MR) is 43.6 cm³/mol. The minimum absolute atomic E-state index is 1.15. The SMILES string of the molecule is CC.Cc1nc[c]([Pb])s1. The molecule has 3 heteroatoms. The van der Waals surface area contributed by atoms with Crippen LogP contribution in [-0.4, -0.2) is 30.8 Å². The van der Waals surface area contributed by atoms with Crippen LogP contribution in [0.4, 0.5) is 0 Å². The first kappa shape index (κ1) is 9.55. The number of hydrogen-bond donors (Lipinski definition) is 0. The summed E-state index contributed by atoms with van der Waals surface area (Å²) in [6, 6.07) is 0. The topological polar surface area (TPSA) is 12.9 Å². The molecule has 1 rings (SSSR count). The van der Waals surface area contributed by atoms with Crippen molar-refractivity contribution < 1.29 is 0 Å². The van der Waals surface area contributed by atoms with E-state index in [2.05, 4.69) is 4.98 Å². The zero-order valence-electron chi connectivity index (χ0n) is 5.93. The van der Waals surface area contributed by atoms with Crippen molar-refractivity contribution in [2.45, 2.75) is 20.8 Å². The van der Waals surface area contributed by atoms with Crippen molar-refractivity contribution in [3.63, 3.8) is 0 Å². The van der Waals surface area contributed by atoms with Gasteiger partial charge in [-0.1, -0.05) is 13.8 Å². The molecule has 0 aliphatic rings. The minimum atomic E-state index is 1.15. The zero-order valence-corrected chi connectivity index (χ0v) is 10.6. The normalized spacial score (nSPS) is 8.00. The number of nitrogens with zero attached hydrogens (tertiary/aromatic N) is 1. The van der Waals surface area contributed by atoms with E-state index >= 15 is 0 Å². The third-order valence-electron chi connectivity index (χ3n) is 0.621. The third kappa shape index (κ3) is 4.02. The predicted octanol–water partition coefficient (Wildman–Crippen LogP) is 1.27. The van der Waals surface area contributed by atoms with Gasteiger partial charge in [-0.15, -0.1) is 0 Å². The van der Waals surface area contributed by atoms with Gasteiger partial charge in [-0.25, -0.2) is 0 Å². The fourth-order valence-electron chi connectivity index (χ4n) is 0.361. The summed E-state index contributed by atoms with van der Waals surface area (Å²) in [6.07, 6.45) is 1.95. The molecule has 0 amide bonds. The molecule has 0 saturated heterocycles.